The summed E-state index contributed by atoms with van der Waals surface area (Å²) in [4.78, 5) is 22.9. The van der Waals surface area contributed by atoms with Crippen molar-refractivity contribution in [3.05, 3.63) is 30.7 Å². The van der Waals surface area contributed by atoms with Gasteiger partial charge in [0.15, 0.2) is 5.78 Å². The van der Waals surface area contributed by atoms with E-state index in [0.29, 0.717) is 6.54 Å². The molecule has 0 aromatic heterocycles. The first-order chi connectivity index (χ1) is 6.07. The van der Waals surface area contributed by atoms with Crippen LogP contribution in [0.25, 0.3) is 0 Å². The Labute approximate surface area is 78.0 Å². The van der Waals surface area contributed by atoms with Crippen LogP contribution in [0.3, 0.4) is 0 Å². The second-order valence-corrected chi connectivity index (χ2v) is 2.51. The fraction of sp³-hybridized carbons (Fsp3) is 0.300. The molecule has 0 heterocycles. The third kappa shape index (κ3) is 5.65. The van der Waals surface area contributed by atoms with E-state index in [4.69, 9.17) is 0 Å². The molecule has 1 amide bonds. The molecule has 0 aliphatic carbocycles. The zero-order valence-corrected chi connectivity index (χ0v) is 7.91. The van der Waals surface area contributed by atoms with Crippen molar-refractivity contribution in [3.63, 3.8) is 0 Å². The van der Waals surface area contributed by atoms with Gasteiger partial charge in [-0.1, -0.05) is 6.58 Å². The van der Waals surface area contributed by atoms with Crippen molar-refractivity contribution in [2.45, 2.75) is 13.8 Å². The summed E-state index contributed by atoms with van der Waals surface area (Å²) in [5, 5.41) is 0. The van der Waals surface area contributed by atoms with Crippen LogP contribution >= 0.6 is 0 Å². The van der Waals surface area contributed by atoms with E-state index in [0.717, 1.165) is 0 Å². The van der Waals surface area contributed by atoms with Gasteiger partial charge in [0, 0.05) is 13.1 Å². The summed E-state index contributed by atoms with van der Waals surface area (Å²) in [6, 6.07) is 0. The monoisotopic (exact) mass is 179 g/mol. The molecule has 0 N–H and O–H groups in total. The van der Waals surface area contributed by atoms with Crippen LogP contribution in [0.15, 0.2) is 30.7 Å². The second-order valence-electron chi connectivity index (χ2n) is 2.51. The van der Waals surface area contributed by atoms with Gasteiger partial charge in [0.2, 0.25) is 5.91 Å². The van der Waals surface area contributed by atoms with Gasteiger partial charge in [-0.3, -0.25) is 9.59 Å². The maximum Gasteiger partial charge on any atom is 0.223 e. The quantitative estimate of drug-likeness (QED) is 0.481. The van der Waals surface area contributed by atoms with Gasteiger partial charge in [-0.2, -0.15) is 0 Å². The van der Waals surface area contributed by atoms with Crippen molar-refractivity contribution in [2.75, 3.05) is 6.54 Å². The fourth-order valence-corrected chi connectivity index (χ4v) is 0.652. The van der Waals surface area contributed by atoms with Crippen LogP contribution in [0, 0.1) is 0 Å². The molecule has 0 spiro atoms. The maximum atomic E-state index is 11.0. The summed E-state index contributed by atoms with van der Waals surface area (Å²) in [5.41, 5.74) is 2.55. The minimum Gasteiger partial charge on any atom is -0.315 e. The minimum absolute atomic E-state index is 0.0890. The van der Waals surface area contributed by atoms with Crippen molar-refractivity contribution >= 4 is 11.7 Å². The topological polar surface area (TPSA) is 37.4 Å². The maximum absolute atomic E-state index is 11.0. The Balaban J connectivity index is 4.34. The highest BCUT2D eigenvalue weighted by Gasteiger charge is 2.01. The molecular weight excluding hydrogens is 166 g/mol. The smallest absolute Gasteiger partial charge is 0.223 e. The number of carbonyl (C=O) groups is 2. The van der Waals surface area contributed by atoms with Crippen molar-refractivity contribution in [1.29, 1.82) is 0 Å². The fourth-order valence-electron chi connectivity index (χ4n) is 0.652. The molecule has 3 heteroatoms. The van der Waals surface area contributed by atoms with Gasteiger partial charge >= 0.3 is 0 Å². The van der Waals surface area contributed by atoms with Gasteiger partial charge in [0.1, 0.15) is 0 Å². The highest BCUT2D eigenvalue weighted by atomic mass is 16.2. The van der Waals surface area contributed by atoms with Crippen molar-refractivity contribution < 1.29 is 9.59 Å². The predicted octanol–water partition coefficient (Wildman–Crippen LogP) is 1.28. The van der Waals surface area contributed by atoms with Gasteiger partial charge < -0.3 is 4.90 Å². The molecule has 0 saturated heterocycles. The Morgan fingerprint density at radius 2 is 2.08 bits per heavy atom. The van der Waals surface area contributed by atoms with Crippen molar-refractivity contribution in [2.24, 2.45) is 0 Å². The molecule has 0 atom stereocenters. The third-order valence-electron chi connectivity index (χ3n) is 1.33. The Morgan fingerprint density at radius 3 is 2.46 bits per heavy atom. The Morgan fingerprint density at radius 1 is 1.46 bits per heavy atom. The lowest BCUT2D eigenvalue weighted by Gasteiger charge is -2.12. The predicted molar refractivity (Wildman–Crippen MR) is 50.9 cm³/mol. The van der Waals surface area contributed by atoms with Gasteiger partial charge in [-0.15, -0.1) is 5.73 Å². The number of hydrogen-bond donors (Lipinski definition) is 0. The SMILES string of the molecule is C=C=CCN(/C=C/C(C)=O)C(C)=O. The highest BCUT2D eigenvalue weighted by Crippen LogP contribution is 1.92. The largest absolute Gasteiger partial charge is 0.315 e. The molecule has 0 bridgehead atoms. The van der Waals surface area contributed by atoms with E-state index in [1.807, 2.05) is 0 Å². The summed E-state index contributed by atoms with van der Waals surface area (Å²) in [6.45, 7) is 6.63. The Hall–Kier alpha value is -1.60. The number of nitrogens with zero attached hydrogens (tertiary/aromatic N) is 1. The second kappa shape index (κ2) is 5.98. The van der Waals surface area contributed by atoms with E-state index in [9.17, 15) is 9.59 Å². The first-order valence-electron chi connectivity index (χ1n) is 3.88. The molecule has 0 radical (unpaired) electrons. The molecule has 13 heavy (non-hydrogen) atoms. The molecule has 0 saturated carbocycles. The van der Waals surface area contributed by atoms with Gasteiger partial charge in [-0.25, -0.2) is 0 Å². The van der Waals surface area contributed by atoms with Crippen LogP contribution < -0.4 is 0 Å². The summed E-state index contributed by atoms with van der Waals surface area (Å²) in [6.07, 6.45) is 4.42. The number of carbonyl (C=O) groups excluding carboxylic acids is 2. The molecule has 0 aliphatic rings. The number of hydrogen-bond acceptors (Lipinski definition) is 2. The van der Waals surface area contributed by atoms with Crippen LogP contribution in [0.1, 0.15) is 13.8 Å². The van der Waals surface area contributed by atoms with Crippen molar-refractivity contribution in [1.82, 2.24) is 4.90 Å². The lowest BCUT2D eigenvalue weighted by molar-refractivity contribution is -0.125. The summed E-state index contributed by atoms with van der Waals surface area (Å²) in [7, 11) is 0. The average Bonchev–Trinajstić information content (AvgIpc) is 2.03. The summed E-state index contributed by atoms with van der Waals surface area (Å²) < 4.78 is 0. The van der Waals surface area contributed by atoms with Gasteiger partial charge in [-0.05, 0) is 19.1 Å². The molecule has 0 aromatic carbocycles. The number of rotatable bonds is 4. The number of amides is 1. The van der Waals surface area contributed by atoms with Crippen LogP contribution in [0.4, 0.5) is 0 Å². The molecule has 0 rings (SSSR count). The molecule has 0 aliphatic heterocycles. The minimum atomic E-state index is -0.121. The van der Waals surface area contributed by atoms with Gasteiger partial charge in [0.25, 0.3) is 0 Å². The molecular formula is C10H13NO2. The van der Waals surface area contributed by atoms with Crippen LogP contribution in [-0.4, -0.2) is 23.1 Å². The first kappa shape index (κ1) is 11.4. The summed E-state index contributed by atoms with van der Waals surface area (Å²) >= 11 is 0. The number of allylic oxidation sites excluding steroid dienone is 1. The van der Waals surface area contributed by atoms with Gasteiger partial charge in [0.05, 0.1) is 6.54 Å². The zero-order chi connectivity index (χ0) is 10.3. The third-order valence-corrected chi connectivity index (χ3v) is 1.33. The molecule has 3 nitrogen and oxygen atoms in total. The van der Waals surface area contributed by atoms with E-state index < -0.39 is 0 Å². The van der Waals surface area contributed by atoms with E-state index in [1.54, 1.807) is 6.08 Å². The highest BCUT2D eigenvalue weighted by molar-refractivity contribution is 5.87. The molecule has 0 aromatic rings. The van der Waals surface area contributed by atoms with E-state index in [-0.39, 0.29) is 11.7 Å². The van der Waals surface area contributed by atoms with Crippen LogP contribution in [-0.2, 0) is 9.59 Å². The average molecular weight is 179 g/mol. The normalized spacial score (nSPS) is 9.38. The van der Waals surface area contributed by atoms with Crippen LogP contribution in [0.5, 0.6) is 0 Å². The lowest BCUT2D eigenvalue weighted by Crippen LogP contribution is -2.22. The lowest BCUT2D eigenvalue weighted by atomic mass is 10.4. The Bertz CT molecular complexity index is 273. The standard InChI is InChI=1S/C10H13NO2/c1-4-5-7-11(10(3)13)8-6-9(2)12/h5-6,8H,1,7H2,2-3H3/b8-6+. The van der Waals surface area contributed by atoms with E-state index in [2.05, 4.69) is 12.3 Å². The van der Waals surface area contributed by atoms with Crippen LogP contribution in [0.2, 0.25) is 0 Å². The molecule has 70 valence electrons. The number of ketones is 1. The first-order valence-corrected chi connectivity index (χ1v) is 3.88. The van der Waals surface area contributed by atoms with E-state index in [1.165, 1.54) is 31.0 Å². The van der Waals surface area contributed by atoms with Crippen molar-refractivity contribution in [3.8, 4) is 0 Å². The Kier molecular flexibility index (Phi) is 5.24. The van der Waals surface area contributed by atoms with E-state index >= 15 is 0 Å². The molecule has 0 fully saturated rings. The zero-order valence-electron chi connectivity index (χ0n) is 7.91. The molecule has 0 unspecified atom stereocenters. The summed E-state index contributed by atoms with van der Waals surface area (Å²) in [5.74, 6) is -0.210.